The zero-order valence-corrected chi connectivity index (χ0v) is 15.4. The molecule has 0 aliphatic carbocycles. The summed E-state index contributed by atoms with van der Waals surface area (Å²) in [4.78, 5) is 29.9. The first-order chi connectivity index (χ1) is 11.9. The van der Waals surface area contributed by atoms with Crippen LogP contribution in [0.3, 0.4) is 0 Å². The first-order valence-electron chi connectivity index (χ1n) is 7.53. The molecule has 2 aromatic rings. The van der Waals surface area contributed by atoms with E-state index in [0.717, 1.165) is 17.3 Å². The van der Waals surface area contributed by atoms with Crippen molar-refractivity contribution >= 4 is 46.8 Å². The fourth-order valence-electron chi connectivity index (χ4n) is 2.01. The van der Waals surface area contributed by atoms with Gasteiger partial charge in [0.15, 0.2) is 0 Å². The Balaban J connectivity index is 1.90. The zero-order valence-electron chi connectivity index (χ0n) is 13.9. The van der Waals surface area contributed by atoms with Crippen molar-refractivity contribution in [2.24, 2.45) is 0 Å². The molecule has 1 aromatic carbocycles. The largest absolute Gasteiger partial charge is 0.368 e. The van der Waals surface area contributed by atoms with Gasteiger partial charge in [0.1, 0.15) is 0 Å². The Bertz CT molecular complexity index is 766. The van der Waals surface area contributed by atoms with Crippen molar-refractivity contribution in [3.8, 4) is 0 Å². The number of nitrogens with zero attached hydrogens (tertiary/aromatic N) is 3. The third kappa shape index (κ3) is 5.64. The predicted molar refractivity (Wildman–Crippen MR) is 98.6 cm³/mol. The van der Waals surface area contributed by atoms with Crippen molar-refractivity contribution in [1.82, 2.24) is 20.1 Å². The van der Waals surface area contributed by atoms with Crippen LogP contribution in [0, 0.1) is 6.92 Å². The van der Waals surface area contributed by atoms with Crippen LogP contribution in [0.25, 0.3) is 0 Å². The molecule has 0 aliphatic rings. The number of amides is 2. The molecular formula is C15H19ClN6O2S. The van der Waals surface area contributed by atoms with Gasteiger partial charge in [-0.3, -0.25) is 9.59 Å². The molecule has 0 saturated heterocycles. The van der Waals surface area contributed by atoms with E-state index in [-0.39, 0.29) is 30.1 Å². The maximum Gasteiger partial charge on any atom is 0.244 e. The van der Waals surface area contributed by atoms with Crippen LogP contribution in [0.2, 0.25) is 5.02 Å². The molecule has 134 valence electrons. The van der Waals surface area contributed by atoms with Gasteiger partial charge in [-0.05, 0) is 31.5 Å². The van der Waals surface area contributed by atoms with E-state index >= 15 is 0 Å². The maximum atomic E-state index is 12.3. The van der Waals surface area contributed by atoms with Crippen LogP contribution < -0.4 is 11.1 Å². The van der Waals surface area contributed by atoms with Crippen LogP contribution >= 0.6 is 23.4 Å². The molecule has 0 bridgehead atoms. The molecule has 0 saturated carbocycles. The SMILES string of the molecule is CCN(CC(=O)Nc1cc(Cl)ccc1C)C(=O)CSc1n[nH]c(N)n1. The van der Waals surface area contributed by atoms with E-state index in [9.17, 15) is 9.59 Å². The molecular weight excluding hydrogens is 364 g/mol. The lowest BCUT2D eigenvalue weighted by Crippen LogP contribution is -2.38. The molecule has 2 amide bonds. The lowest BCUT2D eigenvalue weighted by atomic mass is 10.2. The van der Waals surface area contributed by atoms with Gasteiger partial charge in [0, 0.05) is 17.3 Å². The van der Waals surface area contributed by atoms with E-state index in [0.29, 0.717) is 22.4 Å². The van der Waals surface area contributed by atoms with Crippen molar-refractivity contribution < 1.29 is 9.59 Å². The Hall–Kier alpha value is -2.26. The minimum absolute atomic E-state index is 0.0437. The second-order valence-corrected chi connectivity index (χ2v) is 6.59. The molecule has 2 rings (SSSR count). The highest BCUT2D eigenvalue weighted by Crippen LogP contribution is 2.20. The van der Waals surface area contributed by atoms with E-state index in [1.54, 1.807) is 12.1 Å². The summed E-state index contributed by atoms with van der Waals surface area (Å²) >= 11 is 7.10. The summed E-state index contributed by atoms with van der Waals surface area (Å²) in [7, 11) is 0. The third-order valence-corrected chi connectivity index (χ3v) is 4.42. The summed E-state index contributed by atoms with van der Waals surface area (Å²) in [6.07, 6.45) is 0. The number of hydrogen-bond donors (Lipinski definition) is 3. The van der Waals surface area contributed by atoms with Gasteiger partial charge >= 0.3 is 0 Å². The van der Waals surface area contributed by atoms with Gasteiger partial charge in [-0.25, -0.2) is 5.10 Å². The van der Waals surface area contributed by atoms with Crippen molar-refractivity contribution in [3.63, 3.8) is 0 Å². The summed E-state index contributed by atoms with van der Waals surface area (Å²) in [6, 6.07) is 5.25. The molecule has 0 aliphatic heterocycles. The number of nitrogens with two attached hydrogens (primary N) is 1. The molecule has 0 spiro atoms. The van der Waals surface area contributed by atoms with Crippen LogP contribution in [0.1, 0.15) is 12.5 Å². The van der Waals surface area contributed by atoms with Crippen molar-refractivity contribution in [2.45, 2.75) is 19.0 Å². The van der Waals surface area contributed by atoms with Crippen LogP contribution in [0.4, 0.5) is 11.6 Å². The molecule has 0 fully saturated rings. The average Bonchev–Trinajstić information content (AvgIpc) is 2.99. The molecule has 25 heavy (non-hydrogen) atoms. The highest BCUT2D eigenvalue weighted by molar-refractivity contribution is 7.99. The molecule has 8 nitrogen and oxygen atoms in total. The first-order valence-corrected chi connectivity index (χ1v) is 8.90. The predicted octanol–water partition coefficient (Wildman–Crippen LogP) is 1.93. The number of H-pyrrole nitrogens is 1. The lowest BCUT2D eigenvalue weighted by molar-refractivity contribution is -0.132. The summed E-state index contributed by atoms with van der Waals surface area (Å²) in [6.45, 7) is 4.05. The molecule has 1 heterocycles. The number of carbonyl (C=O) groups excluding carboxylic acids is 2. The van der Waals surface area contributed by atoms with Gasteiger partial charge in [-0.2, -0.15) is 4.98 Å². The summed E-state index contributed by atoms with van der Waals surface area (Å²) in [5, 5.41) is 10.0. The highest BCUT2D eigenvalue weighted by atomic mass is 35.5. The number of hydrogen-bond acceptors (Lipinski definition) is 6. The summed E-state index contributed by atoms with van der Waals surface area (Å²) in [5.41, 5.74) is 6.96. The van der Waals surface area contributed by atoms with E-state index < -0.39 is 0 Å². The molecule has 1 aromatic heterocycles. The highest BCUT2D eigenvalue weighted by Gasteiger charge is 2.17. The fraction of sp³-hybridized carbons (Fsp3) is 0.333. The Morgan fingerprint density at radius 3 is 2.84 bits per heavy atom. The van der Waals surface area contributed by atoms with E-state index in [1.807, 2.05) is 19.9 Å². The number of nitrogen functional groups attached to an aromatic ring is 1. The summed E-state index contributed by atoms with van der Waals surface area (Å²) in [5.74, 6) is -0.158. The Kier molecular flexibility index (Phi) is 6.65. The molecule has 0 radical (unpaired) electrons. The number of halogens is 1. The fourth-order valence-corrected chi connectivity index (χ4v) is 2.89. The second kappa shape index (κ2) is 8.72. The van der Waals surface area contributed by atoms with Gasteiger partial charge in [0.2, 0.25) is 22.9 Å². The number of thioether (sulfide) groups is 1. The van der Waals surface area contributed by atoms with Gasteiger partial charge in [-0.1, -0.05) is 29.4 Å². The Morgan fingerprint density at radius 2 is 2.20 bits per heavy atom. The average molecular weight is 383 g/mol. The molecule has 0 unspecified atom stereocenters. The van der Waals surface area contributed by atoms with Crippen molar-refractivity contribution in [3.05, 3.63) is 28.8 Å². The maximum absolute atomic E-state index is 12.3. The van der Waals surface area contributed by atoms with E-state index in [4.69, 9.17) is 17.3 Å². The number of carbonyl (C=O) groups is 2. The Labute approximate surface area is 154 Å². The number of aromatic amines is 1. The number of nitrogens with one attached hydrogen (secondary N) is 2. The van der Waals surface area contributed by atoms with Crippen molar-refractivity contribution in [2.75, 3.05) is 29.9 Å². The minimum atomic E-state index is -0.285. The first kappa shape index (κ1) is 19.1. The van der Waals surface area contributed by atoms with Gasteiger partial charge in [-0.15, -0.1) is 5.10 Å². The van der Waals surface area contributed by atoms with Crippen LogP contribution in [0.5, 0.6) is 0 Å². The molecule has 4 N–H and O–H groups in total. The van der Waals surface area contributed by atoms with E-state index in [1.165, 1.54) is 4.90 Å². The Morgan fingerprint density at radius 1 is 1.44 bits per heavy atom. The number of aromatic nitrogens is 3. The standard InChI is InChI=1S/C15H19ClN6O2S/c1-3-22(13(24)8-25-15-19-14(17)20-21-15)7-12(23)18-11-6-10(16)5-4-9(11)2/h4-6H,3,7-8H2,1-2H3,(H,18,23)(H3,17,19,20,21). The lowest BCUT2D eigenvalue weighted by Gasteiger charge is -2.20. The van der Waals surface area contributed by atoms with Gasteiger partial charge in [0.25, 0.3) is 0 Å². The van der Waals surface area contributed by atoms with Crippen LogP contribution in [-0.4, -0.2) is 50.7 Å². The number of benzene rings is 1. The zero-order chi connectivity index (χ0) is 18.4. The monoisotopic (exact) mass is 382 g/mol. The molecule has 0 atom stereocenters. The van der Waals surface area contributed by atoms with Crippen LogP contribution in [0.15, 0.2) is 23.4 Å². The quantitative estimate of drug-likeness (QED) is 0.630. The topological polar surface area (TPSA) is 117 Å². The smallest absolute Gasteiger partial charge is 0.244 e. The number of likely N-dealkylation sites (N-methyl/N-ethyl adjacent to an activating group) is 1. The van der Waals surface area contributed by atoms with E-state index in [2.05, 4.69) is 20.5 Å². The normalized spacial score (nSPS) is 10.5. The number of aryl methyl sites for hydroxylation is 1. The minimum Gasteiger partial charge on any atom is -0.368 e. The number of anilines is 2. The van der Waals surface area contributed by atoms with Crippen LogP contribution in [-0.2, 0) is 9.59 Å². The number of rotatable bonds is 7. The summed E-state index contributed by atoms with van der Waals surface area (Å²) < 4.78 is 0. The molecule has 10 heteroatoms. The second-order valence-electron chi connectivity index (χ2n) is 5.21. The van der Waals surface area contributed by atoms with Gasteiger partial charge in [0.05, 0.1) is 12.3 Å². The third-order valence-electron chi connectivity index (χ3n) is 3.35. The van der Waals surface area contributed by atoms with Crippen molar-refractivity contribution in [1.29, 1.82) is 0 Å². The van der Waals surface area contributed by atoms with Gasteiger partial charge < -0.3 is 16.0 Å².